The van der Waals surface area contributed by atoms with Gasteiger partial charge < -0.3 is 11.1 Å². The normalized spacial score (nSPS) is 10.1. The zero-order valence-electron chi connectivity index (χ0n) is 8.71. The van der Waals surface area contributed by atoms with Crippen molar-refractivity contribution < 1.29 is 0 Å². The first-order chi connectivity index (χ1) is 7.66. The van der Waals surface area contributed by atoms with Gasteiger partial charge in [0.05, 0.1) is 23.8 Å². The van der Waals surface area contributed by atoms with Crippen molar-refractivity contribution in [2.75, 3.05) is 5.32 Å². The molecule has 2 aromatic rings. The summed E-state index contributed by atoms with van der Waals surface area (Å²) in [6.45, 7) is 0. The molecule has 0 aromatic carbocycles. The van der Waals surface area contributed by atoms with Crippen molar-refractivity contribution >= 4 is 28.7 Å². The number of hydrogen-bond acceptors (Lipinski definition) is 4. The van der Waals surface area contributed by atoms with Gasteiger partial charge >= 0.3 is 0 Å². The first-order valence-corrected chi connectivity index (χ1v) is 5.08. The zero-order chi connectivity index (χ0) is 11.5. The molecule has 2 heterocycles. The molecule has 0 amide bonds. The number of aromatic nitrogens is 3. The Labute approximate surface area is 98.3 Å². The molecule has 0 bridgehead atoms. The van der Waals surface area contributed by atoms with E-state index in [2.05, 4.69) is 15.4 Å². The van der Waals surface area contributed by atoms with E-state index in [1.165, 1.54) is 0 Å². The van der Waals surface area contributed by atoms with Gasteiger partial charge in [0.15, 0.2) is 0 Å². The summed E-state index contributed by atoms with van der Waals surface area (Å²) in [5.74, 6) is 0.893. The topological polar surface area (TPSA) is 68.8 Å². The van der Waals surface area contributed by atoms with Crippen molar-refractivity contribution in [2.45, 2.75) is 0 Å². The van der Waals surface area contributed by atoms with E-state index in [1.54, 1.807) is 23.1 Å². The Bertz CT molecular complexity index is 502. The Morgan fingerprint density at radius 2 is 2.25 bits per heavy atom. The van der Waals surface area contributed by atoms with E-state index in [0.717, 1.165) is 11.5 Å². The van der Waals surface area contributed by atoms with Crippen LogP contribution in [0.25, 0.3) is 0 Å². The fourth-order valence-electron chi connectivity index (χ4n) is 1.26. The summed E-state index contributed by atoms with van der Waals surface area (Å²) in [6.07, 6.45) is 3.40. The molecule has 2 aromatic heterocycles. The third kappa shape index (κ3) is 2.17. The highest BCUT2D eigenvalue weighted by atomic mass is 32.1. The van der Waals surface area contributed by atoms with Gasteiger partial charge in [-0.1, -0.05) is 12.2 Å². The van der Waals surface area contributed by atoms with Crippen LogP contribution in [0.15, 0.2) is 30.6 Å². The lowest BCUT2D eigenvalue weighted by Gasteiger charge is -2.06. The molecule has 0 aliphatic rings. The second kappa shape index (κ2) is 4.28. The summed E-state index contributed by atoms with van der Waals surface area (Å²) >= 11 is 4.82. The van der Waals surface area contributed by atoms with E-state index in [4.69, 9.17) is 18.0 Å². The lowest BCUT2D eigenvalue weighted by atomic mass is 10.3. The third-order valence-electron chi connectivity index (χ3n) is 2.11. The molecule has 6 heteroatoms. The van der Waals surface area contributed by atoms with Crippen LogP contribution in [-0.2, 0) is 7.05 Å². The van der Waals surface area contributed by atoms with Gasteiger partial charge in [-0.05, 0) is 12.1 Å². The Kier molecular flexibility index (Phi) is 2.82. The third-order valence-corrected chi connectivity index (χ3v) is 2.32. The van der Waals surface area contributed by atoms with E-state index < -0.39 is 0 Å². The standard InChI is InChI=1S/C10H11N5S/c1-15-9(4-5-13-15)14-7-2-3-8(10(11)16)12-6-7/h2-6,14H,1H3,(H2,11,16). The van der Waals surface area contributed by atoms with E-state index in [0.29, 0.717) is 10.7 Å². The van der Waals surface area contributed by atoms with Crippen LogP contribution in [0, 0.1) is 0 Å². The number of anilines is 2. The van der Waals surface area contributed by atoms with E-state index in [9.17, 15) is 0 Å². The van der Waals surface area contributed by atoms with Crippen LogP contribution in [0.2, 0.25) is 0 Å². The summed E-state index contributed by atoms with van der Waals surface area (Å²) in [6, 6.07) is 5.52. The van der Waals surface area contributed by atoms with E-state index >= 15 is 0 Å². The summed E-state index contributed by atoms with van der Waals surface area (Å²) in [5.41, 5.74) is 6.94. The highest BCUT2D eigenvalue weighted by Crippen LogP contribution is 2.14. The molecule has 0 radical (unpaired) electrons. The number of pyridine rings is 1. The molecule has 0 fully saturated rings. The molecule has 0 saturated carbocycles. The van der Waals surface area contributed by atoms with Crippen LogP contribution in [0.4, 0.5) is 11.5 Å². The summed E-state index contributed by atoms with van der Waals surface area (Å²) < 4.78 is 1.74. The molecule has 2 rings (SSSR count). The maximum Gasteiger partial charge on any atom is 0.128 e. The highest BCUT2D eigenvalue weighted by Gasteiger charge is 2.01. The van der Waals surface area contributed by atoms with Gasteiger partial charge in [0, 0.05) is 13.1 Å². The average Bonchev–Trinajstić information content (AvgIpc) is 2.65. The fraction of sp³-hybridized carbons (Fsp3) is 0.100. The van der Waals surface area contributed by atoms with Gasteiger partial charge in [-0.3, -0.25) is 9.67 Å². The number of hydrogen-bond donors (Lipinski definition) is 2. The quantitative estimate of drug-likeness (QED) is 0.779. The Morgan fingerprint density at radius 3 is 2.75 bits per heavy atom. The van der Waals surface area contributed by atoms with Crippen LogP contribution in [0.1, 0.15) is 5.69 Å². The van der Waals surface area contributed by atoms with E-state index in [1.807, 2.05) is 19.2 Å². The number of rotatable bonds is 3. The van der Waals surface area contributed by atoms with Crippen molar-refractivity contribution in [3.63, 3.8) is 0 Å². The SMILES string of the molecule is Cn1nccc1Nc1ccc(C(N)=S)nc1. The monoisotopic (exact) mass is 233 g/mol. The molecule has 0 aliphatic heterocycles. The number of nitrogens with zero attached hydrogens (tertiary/aromatic N) is 3. The minimum atomic E-state index is 0.298. The predicted molar refractivity (Wildman–Crippen MR) is 66.6 cm³/mol. The molecular formula is C10H11N5S. The molecule has 0 unspecified atom stereocenters. The van der Waals surface area contributed by atoms with Gasteiger partial charge in [0.1, 0.15) is 10.8 Å². The molecule has 3 N–H and O–H groups in total. The number of nitrogens with two attached hydrogens (primary N) is 1. The second-order valence-corrected chi connectivity index (χ2v) is 3.70. The summed E-state index contributed by atoms with van der Waals surface area (Å²) in [7, 11) is 1.86. The Morgan fingerprint density at radius 1 is 1.44 bits per heavy atom. The minimum absolute atomic E-state index is 0.298. The summed E-state index contributed by atoms with van der Waals surface area (Å²) in [4.78, 5) is 4.43. The molecule has 0 saturated heterocycles. The Hall–Kier alpha value is -1.95. The molecule has 0 spiro atoms. The lowest BCUT2D eigenvalue weighted by Crippen LogP contribution is -2.11. The lowest BCUT2D eigenvalue weighted by molar-refractivity contribution is 0.776. The van der Waals surface area contributed by atoms with Crippen LogP contribution < -0.4 is 11.1 Å². The van der Waals surface area contributed by atoms with Crippen LogP contribution in [0.5, 0.6) is 0 Å². The van der Waals surface area contributed by atoms with Crippen molar-refractivity contribution in [3.05, 3.63) is 36.3 Å². The maximum atomic E-state index is 5.46. The Balaban J connectivity index is 2.17. The average molecular weight is 233 g/mol. The van der Waals surface area contributed by atoms with Crippen molar-refractivity contribution in [3.8, 4) is 0 Å². The second-order valence-electron chi connectivity index (χ2n) is 3.26. The van der Waals surface area contributed by atoms with Crippen molar-refractivity contribution in [1.82, 2.24) is 14.8 Å². The van der Waals surface area contributed by atoms with Gasteiger partial charge in [0.2, 0.25) is 0 Å². The molecule has 82 valence electrons. The van der Waals surface area contributed by atoms with Gasteiger partial charge in [-0.15, -0.1) is 0 Å². The molecule has 5 nitrogen and oxygen atoms in total. The number of thiocarbonyl (C=S) groups is 1. The van der Waals surface area contributed by atoms with Gasteiger partial charge in [-0.25, -0.2) is 0 Å². The van der Waals surface area contributed by atoms with E-state index in [-0.39, 0.29) is 0 Å². The zero-order valence-corrected chi connectivity index (χ0v) is 9.53. The first-order valence-electron chi connectivity index (χ1n) is 4.67. The van der Waals surface area contributed by atoms with Crippen molar-refractivity contribution in [1.29, 1.82) is 0 Å². The number of aryl methyl sites for hydroxylation is 1. The van der Waals surface area contributed by atoms with Gasteiger partial charge in [0.25, 0.3) is 0 Å². The highest BCUT2D eigenvalue weighted by molar-refractivity contribution is 7.80. The minimum Gasteiger partial charge on any atom is -0.388 e. The molecule has 0 atom stereocenters. The first kappa shape index (κ1) is 10.6. The number of nitrogens with one attached hydrogen (secondary N) is 1. The predicted octanol–water partition coefficient (Wildman–Crippen LogP) is 1.19. The smallest absolute Gasteiger partial charge is 0.128 e. The largest absolute Gasteiger partial charge is 0.388 e. The molecule has 16 heavy (non-hydrogen) atoms. The molecular weight excluding hydrogens is 222 g/mol. The van der Waals surface area contributed by atoms with Crippen LogP contribution >= 0.6 is 12.2 Å². The molecule has 0 aliphatic carbocycles. The fourth-order valence-corrected chi connectivity index (χ4v) is 1.38. The van der Waals surface area contributed by atoms with Gasteiger partial charge in [-0.2, -0.15) is 5.10 Å². The van der Waals surface area contributed by atoms with Crippen LogP contribution in [0.3, 0.4) is 0 Å². The van der Waals surface area contributed by atoms with Crippen molar-refractivity contribution in [2.24, 2.45) is 12.8 Å². The summed E-state index contributed by atoms with van der Waals surface area (Å²) in [5, 5.41) is 7.22. The maximum absolute atomic E-state index is 5.46. The van der Waals surface area contributed by atoms with Crippen LogP contribution in [-0.4, -0.2) is 19.8 Å².